The Balaban J connectivity index is 1.46. The SMILES string of the molecule is COCCCNC(=O)N1CCN(Cc2cn3cc(Cl)ccc3n2)CC1. The molecule has 0 atom stereocenters. The fourth-order valence-electron chi connectivity index (χ4n) is 2.96. The molecule has 25 heavy (non-hydrogen) atoms. The molecule has 136 valence electrons. The summed E-state index contributed by atoms with van der Waals surface area (Å²) in [6, 6.07) is 3.77. The minimum atomic E-state index is 0.0122. The second-order valence-electron chi connectivity index (χ2n) is 6.19. The molecule has 0 spiro atoms. The molecular weight excluding hydrogens is 342 g/mol. The van der Waals surface area contributed by atoms with Crippen LogP contribution in [0.5, 0.6) is 0 Å². The molecule has 0 unspecified atom stereocenters. The number of imidazole rings is 1. The molecule has 2 aromatic rings. The normalized spacial score (nSPS) is 15.7. The minimum Gasteiger partial charge on any atom is -0.385 e. The summed E-state index contributed by atoms with van der Waals surface area (Å²) in [5.41, 5.74) is 1.91. The maximum Gasteiger partial charge on any atom is 0.317 e. The van der Waals surface area contributed by atoms with Crippen LogP contribution in [-0.4, -0.2) is 71.7 Å². The third-order valence-corrected chi connectivity index (χ3v) is 4.53. The zero-order chi connectivity index (χ0) is 17.6. The van der Waals surface area contributed by atoms with Gasteiger partial charge >= 0.3 is 6.03 Å². The Hall–Kier alpha value is -1.83. The Kier molecular flexibility index (Phi) is 6.12. The molecule has 8 heteroatoms. The van der Waals surface area contributed by atoms with E-state index in [2.05, 4.69) is 15.2 Å². The second-order valence-corrected chi connectivity index (χ2v) is 6.62. The Morgan fingerprint density at radius 3 is 2.84 bits per heavy atom. The maximum atomic E-state index is 12.1. The summed E-state index contributed by atoms with van der Waals surface area (Å²) >= 11 is 6.01. The largest absolute Gasteiger partial charge is 0.385 e. The van der Waals surface area contributed by atoms with Crippen molar-refractivity contribution in [1.82, 2.24) is 24.5 Å². The second kappa shape index (κ2) is 8.51. The van der Waals surface area contributed by atoms with Crippen molar-refractivity contribution in [1.29, 1.82) is 0 Å². The number of urea groups is 1. The van der Waals surface area contributed by atoms with Crippen LogP contribution < -0.4 is 5.32 Å². The van der Waals surface area contributed by atoms with Gasteiger partial charge in [0.15, 0.2) is 0 Å². The smallest absolute Gasteiger partial charge is 0.317 e. The van der Waals surface area contributed by atoms with Crippen molar-refractivity contribution in [3.8, 4) is 0 Å². The van der Waals surface area contributed by atoms with Crippen LogP contribution in [0.4, 0.5) is 4.79 Å². The van der Waals surface area contributed by atoms with E-state index in [0.717, 1.165) is 50.5 Å². The van der Waals surface area contributed by atoms with Crippen LogP contribution in [0.15, 0.2) is 24.5 Å². The summed E-state index contributed by atoms with van der Waals surface area (Å²) in [7, 11) is 1.67. The predicted molar refractivity (Wildman–Crippen MR) is 96.9 cm³/mol. The lowest BCUT2D eigenvalue weighted by Gasteiger charge is -2.34. The van der Waals surface area contributed by atoms with Crippen LogP contribution >= 0.6 is 11.6 Å². The lowest BCUT2D eigenvalue weighted by atomic mass is 10.3. The van der Waals surface area contributed by atoms with Gasteiger partial charge in [0.25, 0.3) is 0 Å². The van der Waals surface area contributed by atoms with Crippen molar-refractivity contribution in [2.75, 3.05) is 46.4 Å². The number of nitrogens with one attached hydrogen (secondary N) is 1. The van der Waals surface area contributed by atoms with E-state index in [1.54, 1.807) is 7.11 Å². The molecule has 3 rings (SSSR count). The number of pyridine rings is 1. The number of halogens is 1. The van der Waals surface area contributed by atoms with Gasteiger partial charge in [0.1, 0.15) is 5.65 Å². The monoisotopic (exact) mass is 365 g/mol. The van der Waals surface area contributed by atoms with Gasteiger partial charge < -0.3 is 19.4 Å². The van der Waals surface area contributed by atoms with E-state index in [-0.39, 0.29) is 6.03 Å². The quantitative estimate of drug-likeness (QED) is 0.794. The van der Waals surface area contributed by atoms with Crippen LogP contribution in [0.3, 0.4) is 0 Å². The van der Waals surface area contributed by atoms with E-state index in [1.807, 2.05) is 33.8 Å². The van der Waals surface area contributed by atoms with E-state index in [0.29, 0.717) is 18.2 Å². The van der Waals surface area contributed by atoms with Crippen molar-refractivity contribution < 1.29 is 9.53 Å². The van der Waals surface area contributed by atoms with Gasteiger partial charge in [-0.15, -0.1) is 0 Å². The number of hydrogen-bond donors (Lipinski definition) is 1. The molecule has 3 heterocycles. The third-order valence-electron chi connectivity index (χ3n) is 4.31. The maximum absolute atomic E-state index is 12.1. The van der Waals surface area contributed by atoms with Crippen LogP contribution in [0, 0.1) is 0 Å². The number of amides is 2. The van der Waals surface area contributed by atoms with Crippen molar-refractivity contribution in [2.45, 2.75) is 13.0 Å². The summed E-state index contributed by atoms with van der Waals surface area (Å²) in [6.07, 6.45) is 4.70. The molecular formula is C17H24ClN5O2. The molecule has 1 fully saturated rings. The van der Waals surface area contributed by atoms with Crippen LogP contribution in [0.2, 0.25) is 5.02 Å². The number of nitrogens with zero attached hydrogens (tertiary/aromatic N) is 4. The molecule has 2 aromatic heterocycles. The van der Waals surface area contributed by atoms with Crippen molar-refractivity contribution >= 4 is 23.3 Å². The summed E-state index contributed by atoms with van der Waals surface area (Å²) in [5, 5.41) is 3.63. The zero-order valence-corrected chi connectivity index (χ0v) is 15.2. The Labute approximate surface area is 152 Å². The van der Waals surface area contributed by atoms with Crippen molar-refractivity contribution in [2.24, 2.45) is 0 Å². The zero-order valence-electron chi connectivity index (χ0n) is 14.4. The lowest BCUT2D eigenvalue weighted by molar-refractivity contribution is 0.133. The highest BCUT2D eigenvalue weighted by Crippen LogP contribution is 2.13. The average molecular weight is 366 g/mol. The van der Waals surface area contributed by atoms with Crippen LogP contribution in [-0.2, 0) is 11.3 Å². The van der Waals surface area contributed by atoms with Gasteiger partial charge in [0, 0.05) is 65.4 Å². The Morgan fingerprint density at radius 1 is 1.28 bits per heavy atom. The number of carbonyl (C=O) groups is 1. The van der Waals surface area contributed by atoms with Gasteiger partial charge in [-0.1, -0.05) is 11.6 Å². The van der Waals surface area contributed by atoms with Gasteiger partial charge in [-0.3, -0.25) is 4.90 Å². The molecule has 0 radical (unpaired) electrons. The van der Waals surface area contributed by atoms with Crippen molar-refractivity contribution in [3.05, 3.63) is 35.2 Å². The van der Waals surface area contributed by atoms with E-state index in [9.17, 15) is 4.79 Å². The number of fused-ring (bicyclic) bond motifs is 1. The van der Waals surface area contributed by atoms with Gasteiger partial charge in [-0.05, 0) is 18.6 Å². The topological polar surface area (TPSA) is 62.1 Å². The van der Waals surface area contributed by atoms with Gasteiger partial charge in [0.05, 0.1) is 10.7 Å². The molecule has 1 aliphatic heterocycles. The number of aromatic nitrogens is 2. The molecule has 1 aliphatic rings. The number of piperazine rings is 1. The third kappa shape index (κ3) is 4.84. The summed E-state index contributed by atoms with van der Waals surface area (Å²) in [5.74, 6) is 0. The molecule has 7 nitrogen and oxygen atoms in total. The summed E-state index contributed by atoms with van der Waals surface area (Å²) in [6.45, 7) is 5.25. The summed E-state index contributed by atoms with van der Waals surface area (Å²) in [4.78, 5) is 20.9. The number of methoxy groups -OCH3 is 1. The van der Waals surface area contributed by atoms with Crippen LogP contribution in [0.1, 0.15) is 12.1 Å². The van der Waals surface area contributed by atoms with E-state index < -0.39 is 0 Å². The lowest BCUT2D eigenvalue weighted by Crippen LogP contribution is -2.51. The highest BCUT2D eigenvalue weighted by molar-refractivity contribution is 6.30. The molecule has 0 aliphatic carbocycles. The Bertz CT molecular complexity index is 712. The molecule has 0 saturated carbocycles. The summed E-state index contributed by atoms with van der Waals surface area (Å²) < 4.78 is 6.93. The van der Waals surface area contributed by atoms with Crippen molar-refractivity contribution in [3.63, 3.8) is 0 Å². The first kappa shape index (κ1) is 18.0. The highest BCUT2D eigenvalue weighted by atomic mass is 35.5. The number of carbonyl (C=O) groups excluding carboxylic acids is 1. The molecule has 2 amide bonds. The fourth-order valence-corrected chi connectivity index (χ4v) is 3.12. The molecule has 1 saturated heterocycles. The molecule has 0 bridgehead atoms. The van der Waals surface area contributed by atoms with E-state index in [1.165, 1.54) is 0 Å². The van der Waals surface area contributed by atoms with Gasteiger partial charge in [0.2, 0.25) is 0 Å². The first-order valence-corrected chi connectivity index (χ1v) is 8.91. The Morgan fingerprint density at radius 2 is 2.08 bits per heavy atom. The molecule has 1 N–H and O–H groups in total. The standard InChI is InChI=1S/C17H24ClN5O2/c1-25-10-2-5-19-17(24)22-8-6-21(7-9-22)12-15-13-23-11-14(18)3-4-16(23)20-15/h3-4,11,13H,2,5-10,12H2,1H3,(H,19,24). The minimum absolute atomic E-state index is 0.0122. The number of hydrogen-bond acceptors (Lipinski definition) is 4. The average Bonchev–Trinajstić information content (AvgIpc) is 3.00. The van der Waals surface area contributed by atoms with Crippen LogP contribution in [0.25, 0.3) is 5.65 Å². The first-order valence-electron chi connectivity index (χ1n) is 8.53. The van der Waals surface area contributed by atoms with Gasteiger partial charge in [-0.25, -0.2) is 9.78 Å². The van der Waals surface area contributed by atoms with E-state index in [4.69, 9.17) is 16.3 Å². The van der Waals surface area contributed by atoms with E-state index >= 15 is 0 Å². The first-order chi connectivity index (χ1) is 12.2. The molecule has 0 aromatic carbocycles. The number of rotatable bonds is 6. The van der Waals surface area contributed by atoms with Gasteiger partial charge in [-0.2, -0.15) is 0 Å². The number of ether oxygens (including phenoxy) is 1. The fraction of sp³-hybridized carbons (Fsp3) is 0.529. The highest BCUT2D eigenvalue weighted by Gasteiger charge is 2.21. The predicted octanol–water partition coefficient (Wildman–Crippen LogP) is 1.85.